The highest BCUT2D eigenvalue weighted by Gasteiger charge is 2.55. The molecule has 0 bridgehead atoms. The Morgan fingerprint density at radius 3 is 2.93 bits per heavy atom. The fourth-order valence-corrected chi connectivity index (χ4v) is 3.99. The molecular weight excluding hydrogens is 357 g/mol. The van der Waals surface area contributed by atoms with Crippen molar-refractivity contribution in [1.82, 2.24) is 9.78 Å². The second-order valence-electron chi connectivity index (χ2n) is 6.90. The largest absolute Gasteiger partial charge is 0.459 e. The fourth-order valence-electron chi connectivity index (χ4n) is 3.99. The summed E-state index contributed by atoms with van der Waals surface area (Å²) in [6.07, 6.45) is 2.54. The van der Waals surface area contributed by atoms with Gasteiger partial charge in [0, 0.05) is 36.5 Å². The molecule has 2 aliphatic rings. The van der Waals surface area contributed by atoms with E-state index in [1.54, 1.807) is 31.0 Å². The molecule has 0 amide bonds. The number of fused-ring (bicyclic) bond motifs is 1. The van der Waals surface area contributed by atoms with Crippen LogP contribution in [0.15, 0.2) is 35.6 Å². The van der Waals surface area contributed by atoms with E-state index in [9.17, 15) is 14.5 Å². The van der Waals surface area contributed by atoms with Crippen LogP contribution in [0.5, 0.6) is 0 Å². The van der Waals surface area contributed by atoms with E-state index in [1.165, 1.54) is 6.07 Å². The van der Waals surface area contributed by atoms with Gasteiger partial charge in [0.15, 0.2) is 0 Å². The fraction of sp³-hybridized carbons (Fsp3) is 0.412. The van der Waals surface area contributed by atoms with E-state index >= 15 is 0 Å². The number of nitro benzene ring substituents is 1. The third-order valence-corrected chi connectivity index (χ3v) is 5.19. The van der Waals surface area contributed by atoms with Crippen molar-refractivity contribution in [2.75, 3.05) is 6.61 Å². The number of halogens is 1. The molecule has 0 saturated carbocycles. The lowest BCUT2D eigenvalue weighted by Crippen LogP contribution is -2.48. The summed E-state index contributed by atoms with van der Waals surface area (Å²) in [7, 11) is 1.78. The molecule has 1 aromatic carbocycles. The first-order chi connectivity index (χ1) is 12.8. The zero-order valence-corrected chi connectivity index (χ0v) is 14.7. The second-order valence-corrected chi connectivity index (χ2v) is 6.90. The minimum Gasteiger partial charge on any atom is -0.459 e. The number of nitrogens with zero attached hydrogens (tertiary/aromatic N) is 4. The lowest BCUT2D eigenvalue weighted by molar-refractivity contribution is -0.385. The summed E-state index contributed by atoms with van der Waals surface area (Å²) in [5, 5.41) is 15.4. The predicted octanol–water partition coefficient (Wildman–Crippen LogP) is 1.78. The molecule has 27 heavy (non-hydrogen) atoms. The van der Waals surface area contributed by atoms with Crippen LogP contribution in [0.25, 0.3) is 0 Å². The predicted molar refractivity (Wildman–Crippen MR) is 92.3 cm³/mol. The van der Waals surface area contributed by atoms with Crippen LogP contribution < -0.4 is 5.73 Å². The molecule has 10 heteroatoms. The molecule has 0 unspecified atom stereocenters. The maximum atomic E-state index is 14.7. The number of hydrogen-bond acceptors (Lipinski definition) is 7. The minimum atomic E-state index is -1.21. The Bertz CT molecular complexity index is 945. The molecule has 0 radical (unpaired) electrons. The lowest BCUT2D eigenvalue weighted by atomic mass is 9.73. The third-order valence-electron chi connectivity index (χ3n) is 5.19. The summed E-state index contributed by atoms with van der Waals surface area (Å²) in [5.74, 6) is -1.04. The van der Waals surface area contributed by atoms with E-state index in [-0.39, 0.29) is 23.9 Å². The second kappa shape index (κ2) is 6.02. The van der Waals surface area contributed by atoms with Crippen LogP contribution in [0.3, 0.4) is 0 Å². The van der Waals surface area contributed by atoms with Gasteiger partial charge in [0.25, 0.3) is 11.7 Å². The summed E-state index contributed by atoms with van der Waals surface area (Å²) in [6, 6.07) is 3.30. The van der Waals surface area contributed by atoms with Crippen molar-refractivity contribution in [3.63, 3.8) is 0 Å². The molecule has 2 aromatic rings. The molecule has 0 spiro atoms. The van der Waals surface area contributed by atoms with Gasteiger partial charge in [-0.15, -0.1) is 0 Å². The number of nitrogens with two attached hydrogens (primary N) is 1. The Kier molecular flexibility index (Phi) is 3.88. The summed E-state index contributed by atoms with van der Waals surface area (Å²) >= 11 is 0. The molecular formula is C17H18FN5O4. The van der Waals surface area contributed by atoms with E-state index in [0.29, 0.717) is 0 Å². The molecule has 4 atom stereocenters. The number of aryl methyl sites for hydroxylation is 1. The number of amidine groups is 1. The summed E-state index contributed by atoms with van der Waals surface area (Å²) in [5.41, 5.74) is 5.28. The van der Waals surface area contributed by atoms with Crippen molar-refractivity contribution in [3.8, 4) is 0 Å². The first kappa shape index (κ1) is 17.4. The average molecular weight is 375 g/mol. The van der Waals surface area contributed by atoms with Crippen LogP contribution in [0.1, 0.15) is 24.2 Å². The molecule has 1 aromatic heterocycles. The summed E-state index contributed by atoms with van der Waals surface area (Å²) < 4.78 is 27.9. The van der Waals surface area contributed by atoms with Crippen molar-refractivity contribution in [3.05, 3.63) is 57.7 Å². The molecule has 142 valence electrons. The normalized spacial score (nSPS) is 29.7. The maximum Gasteiger partial charge on any atom is 0.283 e. The van der Waals surface area contributed by atoms with Crippen LogP contribution in [-0.4, -0.2) is 33.4 Å². The Labute approximate surface area is 153 Å². The van der Waals surface area contributed by atoms with E-state index in [2.05, 4.69) is 10.1 Å². The summed E-state index contributed by atoms with van der Waals surface area (Å²) in [6.45, 7) is 1.94. The number of ether oxygens (including phenoxy) is 2. The molecule has 4 rings (SSSR count). The van der Waals surface area contributed by atoms with E-state index in [4.69, 9.17) is 15.2 Å². The number of hydrogen-bond donors (Lipinski definition) is 1. The number of non-ortho nitro benzene ring substituents is 1. The first-order valence-electron chi connectivity index (χ1n) is 8.36. The number of nitro groups is 1. The van der Waals surface area contributed by atoms with Gasteiger partial charge in [-0.25, -0.2) is 9.38 Å². The monoisotopic (exact) mass is 375 g/mol. The van der Waals surface area contributed by atoms with Gasteiger partial charge in [-0.3, -0.25) is 14.8 Å². The van der Waals surface area contributed by atoms with Crippen LogP contribution >= 0.6 is 0 Å². The van der Waals surface area contributed by atoms with E-state index in [0.717, 1.165) is 17.7 Å². The van der Waals surface area contributed by atoms with Gasteiger partial charge in [-0.05, 0) is 13.0 Å². The number of benzene rings is 1. The minimum absolute atomic E-state index is 0.0809. The van der Waals surface area contributed by atoms with Crippen LogP contribution in [-0.2, 0) is 22.1 Å². The van der Waals surface area contributed by atoms with Gasteiger partial charge in [0.2, 0.25) is 0 Å². The van der Waals surface area contributed by atoms with Gasteiger partial charge >= 0.3 is 0 Å². The van der Waals surface area contributed by atoms with Crippen molar-refractivity contribution in [2.24, 2.45) is 23.7 Å². The maximum absolute atomic E-state index is 14.7. The quantitative estimate of drug-likeness (QED) is 0.645. The Morgan fingerprint density at radius 2 is 2.26 bits per heavy atom. The van der Waals surface area contributed by atoms with Gasteiger partial charge in [0.05, 0.1) is 29.7 Å². The number of aromatic nitrogens is 2. The van der Waals surface area contributed by atoms with Crippen molar-refractivity contribution in [2.45, 2.75) is 24.7 Å². The third kappa shape index (κ3) is 2.72. The standard InChI is InChI=1S/C17H18FN5O4/c1-17(11-5-10(23(24)25)3-4-12(11)18)14-13(27-16(19)21-17)8-26-15(14)9-6-20-22(2)7-9/h3-7,13-15H,8H2,1-2H3,(H2,19,21)/t13-,14-,15+,17-/m1/s1. The SMILES string of the molecule is Cn1cc([C@@H]2OC[C@H]3OC(N)=N[C@](C)(c4cc([N+](=O)[O-])ccc4F)[C@H]32)cn1. The van der Waals surface area contributed by atoms with E-state index in [1.807, 2.05) is 0 Å². The molecule has 2 aliphatic heterocycles. The summed E-state index contributed by atoms with van der Waals surface area (Å²) in [4.78, 5) is 15.0. The Hall–Kier alpha value is -3.01. The first-order valence-corrected chi connectivity index (χ1v) is 8.36. The average Bonchev–Trinajstić information content (AvgIpc) is 3.21. The van der Waals surface area contributed by atoms with Gasteiger partial charge in [-0.1, -0.05) is 0 Å². The molecule has 3 heterocycles. The van der Waals surface area contributed by atoms with Crippen LogP contribution in [0.4, 0.5) is 10.1 Å². The number of aliphatic imine (C=N–C) groups is 1. The van der Waals surface area contributed by atoms with Crippen molar-refractivity contribution in [1.29, 1.82) is 0 Å². The molecule has 9 nitrogen and oxygen atoms in total. The lowest BCUT2D eigenvalue weighted by Gasteiger charge is -2.40. The zero-order valence-electron chi connectivity index (χ0n) is 14.7. The number of rotatable bonds is 3. The molecule has 2 N–H and O–H groups in total. The Balaban J connectivity index is 1.87. The van der Waals surface area contributed by atoms with Crippen molar-refractivity contribution >= 4 is 11.7 Å². The van der Waals surface area contributed by atoms with Crippen LogP contribution in [0, 0.1) is 21.8 Å². The highest BCUT2D eigenvalue weighted by molar-refractivity contribution is 5.73. The van der Waals surface area contributed by atoms with E-state index < -0.39 is 34.4 Å². The highest BCUT2D eigenvalue weighted by atomic mass is 19.1. The van der Waals surface area contributed by atoms with Gasteiger partial charge < -0.3 is 15.2 Å². The van der Waals surface area contributed by atoms with Gasteiger partial charge in [0.1, 0.15) is 17.5 Å². The van der Waals surface area contributed by atoms with Crippen LogP contribution in [0.2, 0.25) is 0 Å². The molecule has 0 aliphatic carbocycles. The highest BCUT2D eigenvalue weighted by Crippen LogP contribution is 2.51. The Morgan fingerprint density at radius 1 is 1.48 bits per heavy atom. The zero-order chi connectivity index (χ0) is 19.3. The molecule has 1 fully saturated rings. The smallest absolute Gasteiger partial charge is 0.283 e. The topological polar surface area (TPSA) is 118 Å². The molecule has 1 saturated heterocycles. The van der Waals surface area contributed by atoms with Gasteiger partial charge in [-0.2, -0.15) is 5.10 Å². The van der Waals surface area contributed by atoms with Crippen molar-refractivity contribution < 1.29 is 18.8 Å².